The van der Waals surface area contributed by atoms with Crippen molar-refractivity contribution in [1.82, 2.24) is 4.98 Å². The highest BCUT2D eigenvalue weighted by Gasteiger charge is 2.05. The van der Waals surface area contributed by atoms with E-state index in [0.29, 0.717) is 0 Å². The highest BCUT2D eigenvalue weighted by Crippen LogP contribution is 2.25. The smallest absolute Gasteiger partial charge is 0.133 e. The molecule has 1 aromatic heterocycles. The summed E-state index contributed by atoms with van der Waals surface area (Å²) in [5.74, 6) is 0.907. The van der Waals surface area contributed by atoms with Crippen LogP contribution in [0.5, 0.6) is 0 Å². The number of hydrogen-bond donors (Lipinski definition) is 1. The Morgan fingerprint density at radius 1 is 0.889 bits per heavy atom. The van der Waals surface area contributed by atoms with Crippen molar-refractivity contribution in [2.45, 2.75) is 27.7 Å². The second kappa shape index (κ2) is 5.11. The van der Waals surface area contributed by atoms with E-state index in [2.05, 4.69) is 72.1 Å². The van der Waals surface area contributed by atoms with E-state index < -0.39 is 0 Å². The fourth-order valence-electron chi connectivity index (χ4n) is 1.89. The lowest BCUT2D eigenvalue weighted by atomic mass is 10.0. The monoisotopic (exact) mass is 304 g/mol. The summed E-state index contributed by atoms with van der Waals surface area (Å²) in [7, 11) is 0. The molecule has 94 valence electrons. The van der Waals surface area contributed by atoms with E-state index in [0.717, 1.165) is 21.5 Å². The molecule has 2 nitrogen and oxygen atoms in total. The number of halogens is 1. The standard InChI is InChI=1S/C15H17BrN2/c1-9-5-11(3)14(7-10(9)2)18-15-12(4)6-13(16)8-17-15/h5-8H,1-4H3,(H,17,18). The van der Waals surface area contributed by atoms with Gasteiger partial charge in [-0.1, -0.05) is 6.07 Å². The number of pyridine rings is 1. The lowest BCUT2D eigenvalue weighted by Crippen LogP contribution is -1.99. The molecular weight excluding hydrogens is 288 g/mol. The fourth-order valence-corrected chi connectivity index (χ4v) is 2.34. The van der Waals surface area contributed by atoms with E-state index in [1.165, 1.54) is 16.7 Å². The first-order valence-corrected chi connectivity index (χ1v) is 6.73. The topological polar surface area (TPSA) is 24.9 Å². The maximum Gasteiger partial charge on any atom is 0.133 e. The fraction of sp³-hybridized carbons (Fsp3) is 0.267. The zero-order valence-corrected chi connectivity index (χ0v) is 12.7. The van der Waals surface area contributed by atoms with Crippen LogP contribution in [0.1, 0.15) is 22.3 Å². The number of hydrogen-bond acceptors (Lipinski definition) is 2. The number of aryl methyl sites for hydroxylation is 4. The van der Waals surface area contributed by atoms with Gasteiger partial charge in [-0.05, 0) is 78.0 Å². The van der Waals surface area contributed by atoms with Gasteiger partial charge in [-0.15, -0.1) is 0 Å². The maximum atomic E-state index is 4.41. The lowest BCUT2D eigenvalue weighted by molar-refractivity contribution is 1.22. The summed E-state index contributed by atoms with van der Waals surface area (Å²) in [6.07, 6.45) is 1.81. The number of rotatable bonds is 2. The van der Waals surface area contributed by atoms with Crippen LogP contribution < -0.4 is 5.32 Å². The van der Waals surface area contributed by atoms with E-state index >= 15 is 0 Å². The number of nitrogens with one attached hydrogen (secondary N) is 1. The van der Waals surface area contributed by atoms with Gasteiger partial charge in [0.15, 0.2) is 0 Å². The van der Waals surface area contributed by atoms with Crippen LogP contribution >= 0.6 is 15.9 Å². The Bertz CT molecular complexity index is 591. The first-order valence-electron chi connectivity index (χ1n) is 5.94. The van der Waals surface area contributed by atoms with Crippen molar-refractivity contribution in [1.29, 1.82) is 0 Å². The summed E-state index contributed by atoms with van der Waals surface area (Å²) in [4.78, 5) is 4.41. The molecule has 0 bridgehead atoms. The summed E-state index contributed by atoms with van der Waals surface area (Å²) in [5, 5.41) is 3.40. The predicted octanol–water partition coefficient (Wildman–Crippen LogP) is 4.82. The summed E-state index contributed by atoms with van der Waals surface area (Å²) in [6.45, 7) is 8.43. The summed E-state index contributed by atoms with van der Waals surface area (Å²) >= 11 is 3.43. The van der Waals surface area contributed by atoms with Gasteiger partial charge in [0.25, 0.3) is 0 Å². The van der Waals surface area contributed by atoms with Gasteiger partial charge in [0.1, 0.15) is 5.82 Å². The Hall–Kier alpha value is -1.35. The Balaban J connectivity index is 2.37. The van der Waals surface area contributed by atoms with Gasteiger partial charge in [0.2, 0.25) is 0 Å². The molecule has 0 aliphatic rings. The second-order valence-corrected chi connectivity index (χ2v) is 5.61. The van der Waals surface area contributed by atoms with Crippen LogP contribution in [0, 0.1) is 27.7 Å². The van der Waals surface area contributed by atoms with Crippen LogP contribution in [0.15, 0.2) is 28.9 Å². The third-order valence-corrected chi connectivity index (χ3v) is 3.57. The quantitative estimate of drug-likeness (QED) is 0.860. The third-order valence-electron chi connectivity index (χ3n) is 3.14. The van der Waals surface area contributed by atoms with Crippen LogP contribution in [0.2, 0.25) is 0 Å². The maximum absolute atomic E-state index is 4.41. The molecule has 1 aromatic carbocycles. The molecule has 3 heteroatoms. The van der Waals surface area contributed by atoms with Crippen molar-refractivity contribution >= 4 is 27.4 Å². The number of benzene rings is 1. The molecule has 2 rings (SSSR count). The van der Waals surface area contributed by atoms with Gasteiger partial charge in [0.05, 0.1) is 0 Å². The van der Waals surface area contributed by atoms with Crippen LogP contribution in [0.3, 0.4) is 0 Å². The van der Waals surface area contributed by atoms with Crippen LogP contribution in [0.25, 0.3) is 0 Å². The third kappa shape index (κ3) is 2.72. The summed E-state index contributed by atoms with van der Waals surface area (Å²) in [6, 6.07) is 6.44. The molecule has 0 radical (unpaired) electrons. The minimum atomic E-state index is 0.907. The Morgan fingerprint density at radius 2 is 1.56 bits per heavy atom. The Kier molecular flexibility index (Phi) is 3.71. The van der Waals surface area contributed by atoms with Crippen molar-refractivity contribution in [2.75, 3.05) is 5.32 Å². The Morgan fingerprint density at radius 3 is 2.22 bits per heavy atom. The van der Waals surface area contributed by atoms with Gasteiger partial charge in [-0.3, -0.25) is 0 Å². The second-order valence-electron chi connectivity index (χ2n) is 4.70. The first-order chi connectivity index (χ1) is 8.47. The van der Waals surface area contributed by atoms with E-state index in [9.17, 15) is 0 Å². The van der Waals surface area contributed by atoms with E-state index in [4.69, 9.17) is 0 Å². The number of nitrogens with zero attached hydrogens (tertiary/aromatic N) is 1. The summed E-state index contributed by atoms with van der Waals surface area (Å²) < 4.78 is 1.00. The summed E-state index contributed by atoms with van der Waals surface area (Å²) in [5.41, 5.74) is 6.09. The molecule has 0 saturated carbocycles. The van der Waals surface area contributed by atoms with Crippen LogP contribution in [-0.4, -0.2) is 4.98 Å². The number of anilines is 2. The molecule has 2 aromatic rings. The zero-order valence-electron chi connectivity index (χ0n) is 11.1. The predicted molar refractivity (Wildman–Crippen MR) is 80.6 cm³/mol. The highest BCUT2D eigenvalue weighted by molar-refractivity contribution is 9.10. The van der Waals surface area contributed by atoms with Gasteiger partial charge < -0.3 is 5.32 Å². The van der Waals surface area contributed by atoms with Crippen molar-refractivity contribution in [3.05, 3.63) is 51.1 Å². The molecule has 0 saturated heterocycles. The number of aromatic nitrogens is 1. The van der Waals surface area contributed by atoms with Crippen LogP contribution in [0.4, 0.5) is 11.5 Å². The SMILES string of the molecule is Cc1cc(C)c(Nc2ncc(Br)cc2C)cc1C. The minimum Gasteiger partial charge on any atom is -0.340 e. The lowest BCUT2D eigenvalue weighted by Gasteiger charge is -2.13. The van der Waals surface area contributed by atoms with Crippen molar-refractivity contribution in [2.24, 2.45) is 0 Å². The molecule has 0 aliphatic carbocycles. The van der Waals surface area contributed by atoms with Crippen LogP contribution in [-0.2, 0) is 0 Å². The highest BCUT2D eigenvalue weighted by atomic mass is 79.9. The molecular formula is C15H17BrN2. The molecule has 0 spiro atoms. The molecule has 0 fully saturated rings. The van der Waals surface area contributed by atoms with E-state index in [1.54, 1.807) is 0 Å². The minimum absolute atomic E-state index is 0.907. The molecule has 0 unspecified atom stereocenters. The van der Waals surface area contributed by atoms with Gasteiger partial charge in [-0.25, -0.2) is 4.98 Å². The average molecular weight is 305 g/mol. The normalized spacial score (nSPS) is 10.5. The van der Waals surface area contributed by atoms with E-state index in [-0.39, 0.29) is 0 Å². The molecule has 0 atom stereocenters. The molecule has 0 aliphatic heterocycles. The van der Waals surface area contributed by atoms with Gasteiger partial charge in [-0.2, -0.15) is 0 Å². The van der Waals surface area contributed by atoms with Gasteiger partial charge >= 0.3 is 0 Å². The first kappa shape index (κ1) is 13.1. The largest absolute Gasteiger partial charge is 0.340 e. The van der Waals surface area contributed by atoms with E-state index in [1.807, 2.05) is 6.20 Å². The molecule has 1 N–H and O–H groups in total. The van der Waals surface area contributed by atoms with Crippen molar-refractivity contribution in [3.63, 3.8) is 0 Å². The molecule has 18 heavy (non-hydrogen) atoms. The average Bonchev–Trinajstić information content (AvgIpc) is 2.29. The molecule has 0 amide bonds. The molecule has 1 heterocycles. The van der Waals surface area contributed by atoms with Crippen molar-refractivity contribution < 1.29 is 0 Å². The van der Waals surface area contributed by atoms with Crippen molar-refractivity contribution in [3.8, 4) is 0 Å². The van der Waals surface area contributed by atoms with Gasteiger partial charge in [0, 0.05) is 16.4 Å². The Labute approximate surface area is 117 Å². The zero-order chi connectivity index (χ0) is 13.3.